The molecule has 0 aromatic carbocycles. The molecule has 170 valence electrons. The maximum atomic E-state index is 10.2. The van der Waals surface area contributed by atoms with Gasteiger partial charge in [-0.15, -0.1) is 0 Å². The van der Waals surface area contributed by atoms with Crippen LogP contribution in [0.2, 0.25) is 0 Å². The van der Waals surface area contributed by atoms with Gasteiger partial charge in [-0.1, -0.05) is 65.3 Å². The molecule has 1 nitrogen and oxygen atoms in total. The number of rotatable bonds is 5. The van der Waals surface area contributed by atoms with Gasteiger partial charge in [0.1, 0.15) is 0 Å². The van der Waals surface area contributed by atoms with Crippen LogP contribution in [0.5, 0.6) is 0 Å². The van der Waals surface area contributed by atoms with E-state index in [1.54, 1.807) is 5.57 Å². The van der Waals surface area contributed by atoms with Crippen molar-refractivity contribution in [1.29, 1.82) is 0 Å². The van der Waals surface area contributed by atoms with Crippen LogP contribution in [0.1, 0.15) is 99.3 Å². The van der Waals surface area contributed by atoms with E-state index < -0.39 is 0 Å². The Morgan fingerprint density at radius 1 is 1.03 bits per heavy atom. The Labute approximate surface area is 186 Å². The third-order valence-corrected chi connectivity index (χ3v) is 10.8. The molecule has 0 aromatic heterocycles. The zero-order chi connectivity index (χ0) is 21.7. The minimum absolute atomic E-state index is 0.0870. The van der Waals surface area contributed by atoms with Crippen molar-refractivity contribution < 1.29 is 5.11 Å². The fourth-order valence-electron chi connectivity index (χ4n) is 8.83. The summed E-state index contributed by atoms with van der Waals surface area (Å²) in [7, 11) is 0. The average Bonchev–Trinajstić information content (AvgIpc) is 3.06. The monoisotopic (exact) mass is 412 g/mol. The zero-order valence-corrected chi connectivity index (χ0v) is 20.7. The van der Waals surface area contributed by atoms with Crippen LogP contribution in [-0.2, 0) is 0 Å². The molecular weight excluding hydrogens is 364 g/mol. The summed E-state index contributed by atoms with van der Waals surface area (Å²) in [6.45, 7) is 14.8. The molecule has 3 saturated carbocycles. The number of aliphatic hydroxyl groups excluding tert-OH is 1. The predicted molar refractivity (Wildman–Crippen MR) is 128 cm³/mol. The molecule has 0 saturated heterocycles. The standard InChI is InChI=1S/C29H48O/c1-7-21(19(2)3)9-8-20(4)25-12-13-26-24-11-10-22-18-23(30)14-16-28(22,5)27(24)15-17-29(25,26)6/h8-10,19-21,23-27,30H,7,11-18H2,1-6H3/t20-,21+,23-,24+,25-,26+,27+,28+,29+/m0/s1. The number of hydrogen-bond donors (Lipinski definition) is 1. The fourth-order valence-corrected chi connectivity index (χ4v) is 8.83. The number of hydrogen-bond acceptors (Lipinski definition) is 1. The molecule has 0 spiro atoms. The van der Waals surface area contributed by atoms with E-state index in [1.807, 2.05) is 0 Å². The van der Waals surface area contributed by atoms with Crippen molar-refractivity contribution in [1.82, 2.24) is 0 Å². The van der Waals surface area contributed by atoms with Crippen LogP contribution < -0.4 is 0 Å². The lowest BCUT2D eigenvalue weighted by atomic mass is 9.47. The summed E-state index contributed by atoms with van der Waals surface area (Å²) in [5.74, 6) is 5.70. The Kier molecular flexibility index (Phi) is 6.35. The van der Waals surface area contributed by atoms with Gasteiger partial charge in [0, 0.05) is 0 Å². The molecule has 1 N–H and O–H groups in total. The summed E-state index contributed by atoms with van der Waals surface area (Å²) in [6, 6.07) is 0. The molecule has 0 unspecified atom stereocenters. The van der Waals surface area contributed by atoms with Gasteiger partial charge in [-0.2, -0.15) is 0 Å². The molecule has 0 aliphatic heterocycles. The second kappa shape index (κ2) is 8.42. The highest BCUT2D eigenvalue weighted by Gasteiger charge is 2.58. The molecule has 0 heterocycles. The molecule has 1 heteroatoms. The molecule has 4 aliphatic rings. The summed E-state index contributed by atoms with van der Waals surface area (Å²) in [5.41, 5.74) is 2.51. The Morgan fingerprint density at radius 2 is 1.80 bits per heavy atom. The summed E-state index contributed by atoms with van der Waals surface area (Å²) in [6.07, 6.45) is 19.1. The minimum Gasteiger partial charge on any atom is -0.393 e. The van der Waals surface area contributed by atoms with Gasteiger partial charge < -0.3 is 5.11 Å². The minimum atomic E-state index is -0.0870. The van der Waals surface area contributed by atoms with E-state index in [4.69, 9.17) is 0 Å². The Hall–Kier alpha value is -0.560. The Morgan fingerprint density at radius 3 is 2.50 bits per heavy atom. The second-order valence-corrected chi connectivity index (χ2v) is 12.4. The van der Waals surface area contributed by atoms with Crippen molar-refractivity contribution in [2.45, 2.75) is 105 Å². The number of allylic oxidation sites excluding steroid dienone is 3. The van der Waals surface area contributed by atoms with E-state index in [1.165, 1.54) is 44.9 Å². The van der Waals surface area contributed by atoms with Gasteiger partial charge in [-0.3, -0.25) is 0 Å². The highest BCUT2D eigenvalue weighted by Crippen LogP contribution is 2.67. The first-order valence-electron chi connectivity index (χ1n) is 13.3. The van der Waals surface area contributed by atoms with Gasteiger partial charge in [-0.05, 0) is 110 Å². The van der Waals surface area contributed by atoms with Gasteiger partial charge >= 0.3 is 0 Å². The summed E-state index contributed by atoms with van der Waals surface area (Å²) in [4.78, 5) is 0. The van der Waals surface area contributed by atoms with Gasteiger partial charge in [-0.25, -0.2) is 0 Å². The van der Waals surface area contributed by atoms with Crippen molar-refractivity contribution >= 4 is 0 Å². The van der Waals surface area contributed by atoms with Crippen molar-refractivity contribution in [3.63, 3.8) is 0 Å². The lowest BCUT2D eigenvalue weighted by Gasteiger charge is -2.58. The fraction of sp³-hybridized carbons (Fsp3) is 0.862. The quantitative estimate of drug-likeness (QED) is 0.457. The SMILES string of the molecule is CC[C@H](C=C[C@H](C)[C@@H]1CC[C@@H]2[C@H]3CC=C4C[C@@H](O)CC[C@@]4(C)[C@@H]3CC[C@@]21C)C(C)C. The van der Waals surface area contributed by atoms with Crippen LogP contribution in [0.25, 0.3) is 0 Å². The predicted octanol–water partition coefficient (Wildman–Crippen LogP) is 7.80. The lowest BCUT2D eigenvalue weighted by Crippen LogP contribution is -2.50. The van der Waals surface area contributed by atoms with Gasteiger partial charge in [0.15, 0.2) is 0 Å². The molecule has 30 heavy (non-hydrogen) atoms. The highest BCUT2D eigenvalue weighted by molar-refractivity contribution is 5.25. The lowest BCUT2D eigenvalue weighted by molar-refractivity contribution is -0.0540. The van der Waals surface area contributed by atoms with E-state index in [-0.39, 0.29) is 6.10 Å². The van der Waals surface area contributed by atoms with Crippen molar-refractivity contribution in [2.24, 2.45) is 52.3 Å². The Balaban J connectivity index is 1.52. The Bertz CT molecular complexity index is 674. The molecule has 0 bridgehead atoms. The van der Waals surface area contributed by atoms with Crippen LogP contribution in [-0.4, -0.2) is 11.2 Å². The molecule has 3 fully saturated rings. The van der Waals surface area contributed by atoms with E-state index in [0.717, 1.165) is 48.3 Å². The topological polar surface area (TPSA) is 20.2 Å². The molecule has 0 radical (unpaired) electrons. The summed E-state index contributed by atoms with van der Waals surface area (Å²) >= 11 is 0. The maximum absolute atomic E-state index is 10.2. The van der Waals surface area contributed by atoms with Crippen LogP contribution in [0.3, 0.4) is 0 Å². The van der Waals surface area contributed by atoms with Crippen LogP contribution in [0, 0.1) is 52.3 Å². The molecular formula is C29H48O. The first-order valence-corrected chi connectivity index (χ1v) is 13.3. The number of aliphatic hydroxyl groups is 1. The highest BCUT2D eigenvalue weighted by atomic mass is 16.3. The van der Waals surface area contributed by atoms with Crippen molar-refractivity contribution in [3.8, 4) is 0 Å². The molecule has 0 amide bonds. The van der Waals surface area contributed by atoms with Crippen LogP contribution in [0.15, 0.2) is 23.8 Å². The zero-order valence-electron chi connectivity index (χ0n) is 20.7. The van der Waals surface area contributed by atoms with E-state index in [0.29, 0.717) is 16.7 Å². The van der Waals surface area contributed by atoms with Crippen molar-refractivity contribution in [2.75, 3.05) is 0 Å². The third-order valence-electron chi connectivity index (χ3n) is 10.8. The van der Waals surface area contributed by atoms with Gasteiger partial charge in [0.2, 0.25) is 0 Å². The van der Waals surface area contributed by atoms with E-state index >= 15 is 0 Å². The van der Waals surface area contributed by atoms with E-state index in [2.05, 4.69) is 59.8 Å². The third kappa shape index (κ3) is 3.66. The van der Waals surface area contributed by atoms with Gasteiger partial charge in [0.05, 0.1) is 6.10 Å². The molecule has 4 rings (SSSR count). The van der Waals surface area contributed by atoms with Crippen molar-refractivity contribution in [3.05, 3.63) is 23.8 Å². The summed E-state index contributed by atoms with van der Waals surface area (Å²) in [5, 5.41) is 10.2. The van der Waals surface area contributed by atoms with Crippen LogP contribution in [0.4, 0.5) is 0 Å². The van der Waals surface area contributed by atoms with Gasteiger partial charge in [0.25, 0.3) is 0 Å². The van der Waals surface area contributed by atoms with Crippen LogP contribution >= 0.6 is 0 Å². The largest absolute Gasteiger partial charge is 0.393 e. The first-order chi connectivity index (χ1) is 14.2. The maximum Gasteiger partial charge on any atom is 0.0577 e. The average molecular weight is 413 g/mol. The number of fused-ring (bicyclic) bond motifs is 5. The first kappa shape index (κ1) is 22.6. The molecule has 4 aliphatic carbocycles. The molecule has 9 atom stereocenters. The smallest absolute Gasteiger partial charge is 0.0577 e. The normalized spacial score (nSPS) is 45.6. The van der Waals surface area contributed by atoms with E-state index in [9.17, 15) is 5.11 Å². The second-order valence-electron chi connectivity index (χ2n) is 12.4. The summed E-state index contributed by atoms with van der Waals surface area (Å²) < 4.78 is 0. The molecule has 0 aromatic rings.